The maximum absolute atomic E-state index is 12.4. The van der Waals surface area contributed by atoms with Gasteiger partial charge in [0.2, 0.25) is 0 Å². The van der Waals surface area contributed by atoms with Gasteiger partial charge in [-0.25, -0.2) is 4.79 Å². The first-order valence-corrected chi connectivity index (χ1v) is 10.6. The Balaban J connectivity index is 1.39. The minimum absolute atomic E-state index is 0.00735. The maximum atomic E-state index is 12.4. The van der Waals surface area contributed by atoms with Crippen LogP contribution in [0.4, 0.5) is 4.79 Å². The van der Waals surface area contributed by atoms with Gasteiger partial charge in [0.25, 0.3) is 0 Å². The summed E-state index contributed by atoms with van der Waals surface area (Å²) in [7, 11) is 0. The minimum atomic E-state index is -0.902. The average molecular weight is 408 g/mol. The molecule has 0 atom stereocenters. The molecule has 0 aliphatic heterocycles. The second kappa shape index (κ2) is 7.78. The van der Waals surface area contributed by atoms with Crippen molar-refractivity contribution in [2.24, 2.45) is 10.8 Å². The molecule has 1 saturated carbocycles. The van der Waals surface area contributed by atoms with E-state index in [0.717, 1.165) is 24.0 Å². The van der Waals surface area contributed by atoms with Crippen LogP contribution < -0.4 is 5.32 Å². The van der Waals surface area contributed by atoms with Gasteiger partial charge in [0, 0.05) is 12.5 Å². The number of amides is 1. The molecule has 30 heavy (non-hydrogen) atoms. The highest BCUT2D eigenvalue weighted by molar-refractivity contribution is 5.79. The van der Waals surface area contributed by atoms with Crippen LogP contribution in [-0.4, -0.2) is 30.3 Å². The molecule has 1 fully saturated rings. The Morgan fingerprint density at radius 1 is 0.967 bits per heavy atom. The number of benzene rings is 2. The lowest BCUT2D eigenvalue weighted by Gasteiger charge is -2.40. The number of rotatable bonds is 5. The van der Waals surface area contributed by atoms with Crippen molar-refractivity contribution in [3.8, 4) is 11.1 Å². The minimum Gasteiger partial charge on any atom is -0.481 e. The van der Waals surface area contributed by atoms with Gasteiger partial charge in [0.15, 0.2) is 0 Å². The predicted molar refractivity (Wildman–Crippen MR) is 115 cm³/mol. The zero-order valence-electron chi connectivity index (χ0n) is 17.6. The van der Waals surface area contributed by atoms with Crippen molar-refractivity contribution in [1.29, 1.82) is 0 Å². The summed E-state index contributed by atoms with van der Waals surface area (Å²) in [6.45, 7) is 4.66. The van der Waals surface area contributed by atoms with E-state index in [1.807, 2.05) is 24.3 Å². The number of alkyl carbamates (subject to hydrolysis) is 1. The molecule has 1 amide bonds. The Labute approximate surface area is 177 Å². The SMILES string of the molecule is CC1(C)CCC(CNC(=O)OCC2c3ccccc3-c3ccccc32)(C(=O)O)CC1. The standard InChI is InChI=1S/C25H29NO4/c1-24(2)11-13-25(14-12-24,22(27)28)16-26-23(29)30-15-21-19-9-5-3-7-17(19)18-8-4-6-10-20(18)21/h3-10,21H,11-16H2,1-2H3,(H,26,29)(H,27,28). The Hall–Kier alpha value is -2.82. The third-order valence-electron chi connectivity index (χ3n) is 6.93. The van der Waals surface area contributed by atoms with Crippen LogP contribution in [0.15, 0.2) is 48.5 Å². The van der Waals surface area contributed by atoms with E-state index in [1.54, 1.807) is 0 Å². The van der Waals surface area contributed by atoms with Crippen LogP contribution in [0, 0.1) is 10.8 Å². The van der Waals surface area contributed by atoms with E-state index in [9.17, 15) is 14.7 Å². The molecule has 2 aliphatic rings. The second-order valence-electron chi connectivity index (χ2n) is 9.43. The number of carbonyl (C=O) groups excluding carboxylic acids is 1. The summed E-state index contributed by atoms with van der Waals surface area (Å²) in [6, 6.07) is 16.4. The molecule has 0 radical (unpaired) electrons. The van der Waals surface area contributed by atoms with Crippen LogP contribution in [0.2, 0.25) is 0 Å². The summed E-state index contributed by atoms with van der Waals surface area (Å²) in [5, 5.41) is 12.5. The highest BCUT2D eigenvalue weighted by Gasteiger charge is 2.44. The van der Waals surface area contributed by atoms with Gasteiger partial charge in [0.1, 0.15) is 6.61 Å². The topological polar surface area (TPSA) is 75.6 Å². The normalized spacial score (nSPS) is 18.9. The average Bonchev–Trinajstić information content (AvgIpc) is 3.05. The lowest BCUT2D eigenvalue weighted by Crippen LogP contribution is -2.46. The van der Waals surface area contributed by atoms with Crippen molar-refractivity contribution in [2.45, 2.75) is 45.4 Å². The molecule has 2 aromatic rings. The van der Waals surface area contributed by atoms with Crippen molar-refractivity contribution in [3.05, 3.63) is 59.7 Å². The molecule has 2 aromatic carbocycles. The van der Waals surface area contributed by atoms with Crippen molar-refractivity contribution in [3.63, 3.8) is 0 Å². The van der Waals surface area contributed by atoms with Crippen molar-refractivity contribution < 1.29 is 19.4 Å². The smallest absolute Gasteiger partial charge is 0.407 e. The molecule has 5 nitrogen and oxygen atoms in total. The number of fused-ring (bicyclic) bond motifs is 3. The lowest BCUT2D eigenvalue weighted by atomic mass is 9.65. The Bertz CT molecular complexity index is 910. The predicted octanol–water partition coefficient (Wildman–Crippen LogP) is 5.20. The largest absolute Gasteiger partial charge is 0.481 e. The fourth-order valence-electron chi connectivity index (χ4n) is 4.76. The molecule has 4 rings (SSSR count). The first kappa shape index (κ1) is 20.5. The molecule has 0 aromatic heterocycles. The number of carbonyl (C=O) groups is 2. The van der Waals surface area contributed by atoms with Gasteiger partial charge in [0.05, 0.1) is 5.41 Å². The summed E-state index contributed by atoms with van der Waals surface area (Å²) >= 11 is 0. The Morgan fingerprint density at radius 2 is 1.50 bits per heavy atom. The van der Waals surface area contributed by atoms with Crippen LogP contribution in [0.3, 0.4) is 0 Å². The van der Waals surface area contributed by atoms with Crippen LogP contribution >= 0.6 is 0 Å². The van der Waals surface area contributed by atoms with Crippen molar-refractivity contribution in [1.82, 2.24) is 5.32 Å². The number of ether oxygens (including phenoxy) is 1. The fraction of sp³-hybridized carbons (Fsp3) is 0.440. The van der Waals surface area contributed by atoms with E-state index >= 15 is 0 Å². The van der Waals surface area contributed by atoms with Crippen LogP contribution in [0.25, 0.3) is 11.1 Å². The number of nitrogens with one attached hydrogen (secondary N) is 1. The van der Waals surface area contributed by atoms with E-state index < -0.39 is 17.5 Å². The molecule has 0 bridgehead atoms. The Morgan fingerprint density at radius 3 is 2.03 bits per heavy atom. The number of carboxylic acid groups (broad SMARTS) is 1. The van der Waals surface area contributed by atoms with Gasteiger partial charge < -0.3 is 15.2 Å². The zero-order chi connectivity index (χ0) is 21.4. The number of hydrogen-bond donors (Lipinski definition) is 2. The molecular weight excluding hydrogens is 378 g/mol. The highest BCUT2D eigenvalue weighted by Crippen LogP contribution is 2.46. The van der Waals surface area contributed by atoms with Gasteiger partial charge in [-0.3, -0.25) is 4.79 Å². The molecule has 0 saturated heterocycles. The van der Waals surface area contributed by atoms with Crippen LogP contribution in [-0.2, 0) is 9.53 Å². The summed E-state index contributed by atoms with van der Waals surface area (Å²) in [4.78, 5) is 24.4. The van der Waals surface area contributed by atoms with Crippen LogP contribution in [0.1, 0.15) is 56.6 Å². The van der Waals surface area contributed by atoms with Gasteiger partial charge in [-0.15, -0.1) is 0 Å². The van der Waals surface area contributed by atoms with Gasteiger partial charge >= 0.3 is 12.1 Å². The molecule has 0 spiro atoms. The molecule has 0 heterocycles. The molecule has 0 unspecified atom stereocenters. The van der Waals surface area contributed by atoms with Gasteiger partial charge in [-0.2, -0.15) is 0 Å². The van der Waals surface area contributed by atoms with E-state index in [-0.39, 0.29) is 24.5 Å². The highest BCUT2D eigenvalue weighted by atomic mass is 16.5. The van der Waals surface area contributed by atoms with E-state index in [1.165, 1.54) is 11.1 Å². The molecule has 158 valence electrons. The van der Waals surface area contributed by atoms with E-state index in [2.05, 4.69) is 43.4 Å². The second-order valence-corrected chi connectivity index (χ2v) is 9.43. The summed E-state index contributed by atoms with van der Waals surface area (Å²) < 4.78 is 5.55. The van der Waals surface area contributed by atoms with Crippen LogP contribution in [0.5, 0.6) is 0 Å². The first-order chi connectivity index (χ1) is 14.3. The third kappa shape index (κ3) is 3.81. The van der Waals surface area contributed by atoms with E-state index in [0.29, 0.717) is 12.8 Å². The number of aliphatic carboxylic acids is 1. The number of hydrogen-bond acceptors (Lipinski definition) is 3. The Kier molecular flexibility index (Phi) is 5.31. The summed E-state index contributed by atoms with van der Waals surface area (Å²) in [5.41, 5.74) is 3.92. The summed E-state index contributed by atoms with van der Waals surface area (Å²) in [5.74, 6) is -0.844. The quantitative estimate of drug-likeness (QED) is 0.715. The molecule has 2 N–H and O–H groups in total. The monoisotopic (exact) mass is 407 g/mol. The van der Waals surface area contributed by atoms with Crippen molar-refractivity contribution >= 4 is 12.1 Å². The number of carboxylic acids is 1. The fourth-order valence-corrected chi connectivity index (χ4v) is 4.76. The van der Waals surface area contributed by atoms with E-state index in [4.69, 9.17) is 4.74 Å². The van der Waals surface area contributed by atoms with Crippen molar-refractivity contribution in [2.75, 3.05) is 13.2 Å². The zero-order valence-corrected chi connectivity index (χ0v) is 17.6. The van der Waals surface area contributed by atoms with Gasteiger partial charge in [-0.1, -0.05) is 62.4 Å². The summed E-state index contributed by atoms with van der Waals surface area (Å²) in [6.07, 6.45) is 2.26. The molecule has 2 aliphatic carbocycles. The molecule has 5 heteroatoms. The lowest BCUT2D eigenvalue weighted by molar-refractivity contribution is -0.152. The first-order valence-electron chi connectivity index (χ1n) is 10.6. The third-order valence-corrected chi connectivity index (χ3v) is 6.93. The van der Waals surface area contributed by atoms with Gasteiger partial charge in [-0.05, 0) is 53.4 Å². The maximum Gasteiger partial charge on any atom is 0.407 e. The molecular formula is C25H29NO4.